The third-order valence-corrected chi connectivity index (χ3v) is 3.82. The Morgan fingerprint density at radius 3 is 2.57 bits per heavy atom. The molecule has 0 aliphatic rings. The van der Waals surface area contributed by atoms with E-state index in [9.17, 15) is 4.79 Å². The number of hydrogen-bond donors (Lipinski definition) is 2. The molecule has 0 unspecified atom stereocenters. The molecule has 0 atom stereocenters. The van der Waals surface area contributed by atoms with E-state index in [2.05, 4.69) is 5.32 Å². The summed E-state index contributed by atoms with van der Waals surface area (Å²) in [6.45, 7) is 4.63. The van der Waals surface area contributed by atoms with E-state index in [1.165, 1.54) is 0 Å². The van der Waals surface area contributed by atoms with Gasteiger partial charge < -0.3 is 15.8 Å². The van der Waals surface area contributed by atoms with Crippen molar-refractivity contribution in [3.63, 3.8) is 0 Å². The molecule has 1 aromatic carbocycles. The second-order valence-corrected chi connectivity index (χ2v) is 5.20. The molecule has 1 aromatic rings. The molecule has 120 valence electrons. The highest BCUT2D eigenvalue weighted by molar-refractivity contribution is 5.85. The van der Waals surface area contributed by atoms with Crippen molar-refractivity contribution in [3.8, 4) is 5.75 Å². The molecule has 4 nitrogen and oxygen atoms in total. The fraction of sp³-hybridized carbons (Fsp3) is 0.562. The van der Waals surface area contributed by atoms with E-state index in [-0.39, 0.29) is 23.9 Å². The molecule has 21 heavy (non-hydrogen) atoms. The van der Waals surface area contributed by atoms with E-state index >= 15 is 0 Å². The van der Waals surface area contributed by atoms with Gasteiger partial charge in [-0.3, -0.25) is 4.79 Å². The number of benzene rings is 1. The van der Waals surface area contributed by atoms with Crippen LogP contribution in [0.15, 0.2) is 24.3 Å². The SMILES string of the molecule is CCC(N)(CC)CNC(=O)CCc1cccc(OC)c1.Cl. The Hall–Kier alpha value is -1.26. The van der Waals surface area contributed by atoms with E-state index in [4.69, 9.17) is 10.5 Å². The highest BCUT2D eigenvalue weighted by Gasteiger charge is 2.20. The van der Waals surface area contributed by atoms with Crippen molar-refractivity contribution in [1.29, 1.82) is 0 Å². The summed E-state index contributed by atoms with van der Waals surface area (Å²) in [5, 5.41) is 2.93. The largest absolute Gasteiger partial charge is 0.497 e. The quantitative estimate of drug-likeness (QED) is 0.775. The summed E-state index contributed by atoms with van der Waals surface area (Å²) in [4.78, 5) is 11.9. The molecule has 0 aromatic heterocycles. The fourth-order valence-corrected chi connectivity index (χ4v) is 1.95. The standard InChI is InChI=1S/C16H26N2O2.ClH/c1-4-16(17,5-2)12-18-15(19)10-9-13-7-6-8-14(11-13)20-3;/h6-8,11H,4-5,9-10,12,17H2,1-3H3,(H,18,19);1H. The topological polar surface area (TPSA) is 64.3 Å². The summed E-state index contributed by atoms with van der Waals surface area (Å²) < 4.78 is 5.17. The van der Waals surface area contributed by atoms with Gasteiger partial charge in [0.25, 0.3) is 0 Å². The van der Waals surface area contributed by atoms with E-state index in [0.29, 0.717) is 19.4 Å². The maximum absolute atomic E-state index is 11.9. The lowest BCUT2D eigenvalue weighted by Crippen LogP contribution is -2.49. The van der Waals surface area contributed by atoms with Crippen molar-refractivity contribution in [2.24, 2.45) is 5.73 Å². The Bertz CT molecular complexity index is 434. The first-order valence-corrected chi connectivity index (χ1v) is 7.21. The predicted molar refractivity (Wildman–Crippen MR) is 89.1 cm³/mol. The van der Waals surface area contributed by atoms with E-state index < -0.39 is 0 Å². The minimum absolute atomic E-state index is 0. The Labute approximate surface area is 133 Å². The highest BCUT2D eigenvalue weighted by atomic mass is 35.5. The number of aryl methyl sites for hydroxylation is 1. The molecule has 0 saturated heterocycles. The maximum atomic E-state index is 11.9. The zero-order chi connectivity index (χ0) is 15.0. The van der Waals surface area contributed by atoms with Crippen molar-refractivity contribution in [2.45, 2.75) is 45.1 Å². The molecular formula is C16H27ClN2O2. The Balaban J connectivity index is 0.00000400. The van der Waals surface area contributed by atoms with Gasteiger partial charge in [-0.1, -0.05) is 26.0 Å². The number of nitrogens with one attached hydrogen (secondary N) is 1. The molecule has 0 radical (unpaired) electrons. The van der Waals surface area contributed by atoms with Gasteiger partial charge in [0.05, 0.1) is 7.11 Å². The van der Waals surface area contributed by atoms with Crippen LogP contribution in [0.3, 0.4) is 0 Å². The van der Waals surface area contributed by atoms with Gasteiger partial charge in [-0.2, -0.15) is 0 Å². The lowest BCUT2D eigenvalue weighted by atomic mass is 9.94. The van der Waals surface area contributed by atoms with E-state index in [1.54, 1.807) is 7.11 Å². The zero-order valence-electron chi connectivity index (χ0n) is 13.1. The van der Waals surface area contributed by atoms with Crippen molar-refractivity contribution in [3.05, 3.63) is 29.8 Å². The van der Waals surface area contributed by atoms with E-state index in [1.807, 2.05) is 38.1 Å². The van der Waals surface area contributed by atoms with Crippen LogP contribution in [-0.4, -0.2) is 25.1 Å². The smallest absolute Gasteiger partial charge is 0.220 e. The molecule has 1 rings (SSSR count). The van der Waals surface area contributed by atoms with Crippen LogP contribution in [0.1, 0.15) is 38.7 Å². The third-order valence-electron chi connectivity index (χ3n) is 3.82. The number of carbonyl (C=O) groups excluding carboxylic acids is 1. The first kappa shape index (κ1) is 19.7. The Kier molecular flexibility index (Phi) is 9.06. The normalized spacial score (nSPS) is 10.7. The summed E-state index contributed by atoms with van der Waals surface area (Å²) in [6, 6.07) is 7.79. The van der Waals surface area contributed by atoms with Crippen LogP contribution >= 0.6 is 12.4 Å². The van der Waals surface area contributed by atoms with Crippen LogP contribution in [0.2, 0.25) is 0 Å². The Morgan fingerprint density at radius 1 is 1.33 bits per heavy atom. The molecule has 3 N–H and O–H groups in total. The molecule has 0 aliphatic carbocycles. The number of methoxy groups -OCH3 is 1. The third kappa shape index (κ3) is 6.82. The summed E-state index contributed by atoms with van der Waals surface area (Å²) in [5.41, 5.74) is 6.97. The summed E-state index contributed by atoms with van der Waals surface area (Å²) in [5.74, 6) is 0.866. The average molecular weight is 315 g/mol. The molecule has 1 amide bonds. The lowest BCUT2D eigenvalue weighted by molar-refractivity contribution is -0.121. The van der Waals surface area contributed by atoms with Gasteiger partial charge in [0.1, 0.15) is 5.75 Å². The number of carbonyl (C=O) groups is 1. The monoisotopic (exact) mass is 314 g/mol. The molecule has 0 spiro atoms. The minimum atomic E-state index is -0.286. The van der Waals surface area contributed by atoms with Crippen LogP contribution in [0.5, 0.6) is 5.75 Å². The minimum Gasteiger partial charge on any atom is -0.497 e. The first-order chi connectivity index (χ1) is 9.53. The van der Waals surface area contributed by atoms with Crippen LogP contribution in [0.4, 0.5) is 0 Å². The maximum Gasteiger partial charge on any atom is 0.220 e. The van der Waals surface area contributed by atoms with Gasteiger partial charge in [-0.05, 0) is 37.0 Å². The lowest BCUT2D eigenvalue weighted by Gasteiger charge is -2.26. The summed E-state index contributed by atoms with van der Waals surface area (Å²) in [6.07, 6.45) is 2.90. The average Bonchev–Trinajstić information content (AvgIpc) is 2.50. The first-order valence-electron chi connectivity index (χ1n) is 7.21. The molecule has 0 saturated carbocycles. The van der Waals surface area contributed by atoms with E-state index in [0.717, 1.165) is 24.2 Å². The van der Waals surface area contributed by atoms with Gasteiger partial charge >= 0.3 is 0 Å². The van der Waals surface area contributed by atoms with Crippen molar-refractivity contribution in [1.82, 2.24) is 5.32 Å². The number of ether oxygens (including phenoxy) is 1. The summed E-state index contributed by atoms with van der Waals surface area (Å²) >= 11 is 0. The second-order valence-electron chi connectivity index (χ2n) is 5.20. The van der Waals surface area contributed by atoms with Gasteiger partial charge in [0, 0.05) is 18.5 Å². The second kappa shape index (κ2) is 9.64. The van der Waals surface area contributed by atoms with Crippen LogP contribution < -0.4 is 15.8 Å². The van der Waals surface area contributed by atoms with Crippen LogP contribution in [0.25, 0.3) is 0 Å². The molecule has 5 heteroatoms. The fourth-order valence-electron chi connectivity index (χ4n) is 1.95. The van der Waals surface area contributed by atoms with Crippen molar-refractivity contribution < 1.29 is 9.53 Å². The summed E-state index contributed by atoms with van der Waals surface area (Å²) in [7, 11) is 1.64. The molecule has 0 fully saturated rings. The van der Waals surface area contributed by atoms with Gasteiger partial charge in [0.15, 0.2) is 0 Å². The van der Waals surface area contributed by atoms with Crippen molar-refractivity contribution >= 4 is 18.3 Å². The predicted octanol–water partition coefficient (Wildman–Crippen LogP) is 2.68. The number of hydrogen-bond acceptors (Lipinski definition) is 3. The van der Waals surface area contributed by atoms with Crippen LogP contribution in [0, 0.1) is 0 Å². The molecule has 0 aliphatic heterocycles. The van der Waals surface area contributed by atoms with Gasteiger partial charge in [0.2, 0.25) is 5.91 Å². The number of halogens is 1. The number of nitrogens with two attached hydrogens (primary N) is 1. The van der Waals surface area contributed by atoms with Crippen molar-refractivity contribution in [2.75, 3.05) is 13.7 Å². The molecule has 0 bridgehead atoms. The molecular weight excluding hydrogens is 288 g/mol. The van der Waals surface area contributed by atoms with Gasteiger partial charge in [-0.25, -0.2) is 0 Å². The zero-order valence-corrected chi connectivity index (χ0v) is 14.0. The Morgan fingerprint density at radius 2 is 2.00 bits per heavy atom. The number of amides is 1. The van der Waals surface area contributed by atoms with Crippen LogP contribution in [-0.2, 0) is 11.2 Å². The highest BCUT2D eigenvalue weighted by Crippen LogP contribution is 2.14. The van der Waals surface area contributed by atoms with Gasteiger partial charge in [-0.15, -0.1) is 12.4 Å². The number of rotatable bonds is 8. The molecule has 0 heterocycles.